The molecule has 1 aromatic carbocycles. The van der Waals surface area contributed by atoms with E-state index in [-0.39, 0.29) is 18.0 Å². The Morgan fingerprint density at radius 3 is 2.73 bits per heavy atom. The lowest BCUT2D eigenvalue weighted by Crippen LogP contribution is -2.32. The summed E-state index contributed by atoms with van der Waals surface area (Å²) in [4.78, 5) is 11.7. The first-order valence-corrected chi connectivity index (χ1v) is 7.59. The Labute approximate surface area is 131 Å². The lowest BCUT2D eigenvalue weighted by molar-refractivity contribution is 0.170. The predicted octanol–water partition coefficient (Wildman–Crippen LogP) is 2.66. The molecule has 8 heteroatoms. The first-order valence-electron chi connectivity index (χ1n) is 6.78. The van der Waals surface area contributed by atoms with Crippen molar-refractivity contribution in [2.45, 2.75) is 25.9 Å². The quantitative estimate of drug-likeness (QED) is 0.789. The Hall–Kier alpha value is -2.06. The Bertz CT molecular complexity index is 647. The van der Waals surface area contributed by atoms with Gasteiger partial charge in [-0.15, -0.1) is 10.2 Å². The van der Waals surface area contributed by atoms with Gasteiger partial charge in [-0.25, -0.2) is 9.18 Å². The van der Waals surface area contributed by atoms with E-state index in [4.69, 9.17) is 0 Å². The summed E-state index contributed by atoms with van der Waals surface area (Å²) in [6.45, 7) is 3.85. The molecule has 0 saturated carbocycles. The van der Waals surface area contributed by atoms with Crippen LogP contribution < -0.4 is 10.6 Å². The van der Waals surface area contributed by atoms with E-state index < -0.39 is 18.0 Å². The molecule has 0 fully saturated rings. The van der Waals surface area contributed by atoms with Gasteiger partial charge in [0.2, 0.25) is 5.13 Å². The number of benzene rings is 1. The van der Waals surface area contributed by atoms with E-state index in [9.17, 15) is 14.3 Å². The number of rotatable bonds is 5. The Kier molecular flexibility index (Phi) is 5.40. The largest absolute Gasteiger partial charge is 0.386 e. The average molecular weight is 324 g/mol. The van der Waals surface area contributed by atoms with E-state index in [1.54, 1.807) is 6.07 Å². The number of anilines is 1. The van der Waals surface area contributed by atoms with Gasteiger partial charge < -0.3 is 10.4 Å². The van der Waals surface area contributed by atoms with Crippen LogP contribution in [-0.4, -0.2) is 27.9 Å². The molecule has 0 bridgehead atoms. The zero-order valence-corrected chi connectivity index (χ0v) is 13.0. The third-order valence-electron chi connectivity index (χ3n) is 2.88. The summed E-state index contributed by atoms with van der Waals surface area (Å²) in [7, 11) is 0. The van der Waals surface area contributed by atoms with Crippen molar-refractivity contribution in [2.24, 2.45) is 0 Å². The summed E-state index contributed by atoms with van der Waals surface area (Å²) in [5.74, 6) is -0.276. The number of nitrogens with zero attached hydrogens (tertiary/aromatic N) is 2. The fourth-order valence-corrected chi connectivity index (χ4v) is 2.45. The highest BCUT2D eigenvalue weighted by Gasteiger charge is 2.14. The van der Waals surface area contributed by atoms with E-state index in [2.05, 4.69) is 20.8 Å². The standard InChI is InChI=1S/C14H17FN4O2S/c1-8(2)12-18-19-14(22-12)17-13(21)16-7-11(20)9-5-3-4-6-10(9)15/h3-6,8,11,20H,7H2,1-2H3,(H2,16,17,19,21)/t11-/m0/s1. The molecule has 3 N–H and O–H groups in total. The molecule has 2 amide bonds. The first kappa shape index (κ1) is 16.3. The van der Waals surface area contributed by atoms with E-state index in [0.717, 1.165) is 5.01 Å². The molecule has 0 saturated heterocycles. The van der Waals surface area contributed by atoms with Crippen LogP contribution in [0.3, 0.4) is 0 Å². The van der Waals surface area contributed by atoms with Crippen LogP contribution >= 0.6 is 11.3 Å². The molecule has 0 aliphatic rings. The van der Waals surface area contributed by atoms with E-state index in [1.165, 1.54) is 29.5 Å². The molecule has 118 valence electrons. The van der Waals surface area contributed by atoms with Crippen molar-refractivity contribution >= 4 is 22.5 Å². The van der Waals surface area contributed by atoms with Gasteiger partial charge in [-0.05, 0) is 6.07 Å². The molecule has 1 aromatic heterocycles. The number of aliphatic hydroxyl groups is 1. The minimum atomic E-state index is -1.12. The molecule has 0 spiro atoms. The monoisotopic (exact) mass is 324 g/mol. The van der Waals surface area contributed by atoms with Crippen LogP contribution in [0.15, 0.2) is 24.3 Å². The van der Waals surface area contributed by atoms with Gasteiger partial charge in [-0.2, -0.15) is 0 Å². The highest BCUT2D eigenvalue weighted by atomic mass is 32.1. The zero-order chi connectivity index (χ0) is 16.1. The van der Waals surface area contributed by atoms with Gasteiger partial charge in [0.15, 0.2) is 0 Å². The molecular formula is C14H17FN4O2S. The fraction of sp³-hybridized carbons (Fsp3) is 0.357. The van der Waals surface area contributed by atoms with Crippen molar-refractivity contribution in [3.63, 3.8) is 0 Å². The maximum Gasteiger partial charge on any atom is 0.321 e. The van der Waals surface area contributed by atoms with Gasteiger partial charge >= 0.3 is 6.03 Å². The number of hydrogen-bond acceptors (Lipinski definition) is 5. The highest BCUT2D eigenvalue weighted by Crippen LogP contribution is 2.22. The first-order chi connectivity index (χ1) is 10.5. The van der Waals surface area contributed by atoms with Crippen LogP contribution in [0.5, 0.6) is 0 Å². The number of nitrogens with one attached hydrogen (secondary N) is 2. The molecular weight excluding hydrogens is 307 g/mol. The Morgan fingerprint density at radius 2 is 2.09 bits per heavy atom. The number of hydrogen-bond donors (Lipinski definition) is 3. The molecule has 0 aliphatic carbocycles. The lowest BCUT2D eigenvalue weighted by Gasteiger charge is -2.12. The van der Waals surface area contributed by atoms with Gasteiger partial charge in [0, 0.05) is 18.0 Å². The normalized spacial score (nSPS) is 12.2. The number of amides is 2. The Morgan fingerprint density at radius 1 is 1.36 bits per heavy atom. The summed E-state index contributed by atoms with van der Waals surface area (Å²) in [6.07, 6.45) is -1.12. The van der Waals surface area contributed by atoms with Gasteiger partial charge in [-0.3, -0.25) is 5.32 Å². The van der Waals surface area contributed by atoms with Crippen molar-refractivity contribution in [2.75, 3.05) is 11.9 Å². The maximum absolute atomic E-state index is 13.5. The number of urea groups is 1. The SMILES string of the molecule is CC(C)c1nnc(NC(=O)NC[C@H](O)c2ccccc2F)s1. The summed E-state index contributed by atoms with van der Waals surface area (Å²) in [5, 5.41) is 23.9. The smallest absolute Gasteiger partial charge is 0.321 e. The minimum absolute atomic E-state index is 0.109. The second kappa shape index (κ2) is 7.28. The van der Waals surface area contributed by atoms with Crippen molar-refractivity contribution < 1.29 is 14.3 Å². The molecule has 0 unspecified atom stereocenters. The zero-order valence-electron chi connectivity index (χ0n) is 12.2. The summed E-state index contributed by atoms with van der Waals surface area (Å²) in [6, 6.07) is 5.36. The average Bonchev–Trinajstić information content (AvgIpc) is 2.94. The van der Waals surface area contributed by atoms with E-state index in [1.807, 2.05) is 13.8 Å². The van der Waals surface area contributed by atoms with E-state index in [0.29, 0.717) is 5.13 Å². The Balaban J connectivity index is 1.86. The number of aliphatic hydroxyl groups excluding tert-OH is 1. The van der Waals surface area contributed by atoms with Crippen molar-refractivity contribution in [3.8, 4) is 0 Å². The van der Waals surface area contributed by atoms with Gasteiger partial charge in [0.1, 0.15) is 10.8 Å². The summed E-state index contributed by atoms with van der Waals surface area (Å²) in [5.41, 5.74) is 0.140. The molecule has 22 heavy (non-hydrogen) atoms. The second-order valence-corrected chi connectivity index (χ2v) is 5.98. The maximum atomic E-state index is 13.5. The molecule has 0 aliphatic heterocycles. The van der Waals surface area contributed by atoms with Crippen LogP contribution in [0.4, 0.5) is 14.3 Å². The van der Waals surface area contributed by atoms with Crippen LogP contribution in [0.2, 0.25) is 0 Å². The van der Waals surface area contributed by atoms with Crippen LogP contribution in [0.25, 0.3) is 0 Å². The topological polar surface area (TPSA) is 87.1 Å². The third kappa shape index (κ3) is 4.22. The van der Waals surface area contributed by atoms with Crippen molar-refractivity contribution in [1.82, 2.24) is 15.5 Å². The predicted molar refractivity (Wildman–Crippen MR) is 82.4 cm³/mol. The van der Waals surface area contributed by atoms with Gasteiger partial charge in [-0.1, -0.05) is 43.4 Å². The van der Waals surface area contributed by atoms with Gasteiger partial charge in [0.05, 0.1) is 6.10 Å². The van der Waals surface area contributed by atoms with Crippen LogP contribution in [0, 0.1) is 5.82 Å². The van der Waals surface area contributed by atoms with Crippen LogP contribution in [-0.2, 0) is 0 Å². The molecule has 2 rings (SSSR count). The molecule has 6 nitrogen and oxygen atoms in total. The summed E-state index contributed by atoms with van der Waals surface area (Å²) >= 11 is 1.29. The van der Waals surface area contributed by atoms with Crippen molar-refractivity contribution in [1.29, 1.82) is 0 Å². The molecule has 1 atom stereocenters. The second-order valence-electron chi connectivity index (χ2n) is 4.97. The van der Waals surface area contributed by atoms with E-state index >= 15 is 0 Å². The number of carbonyl (C=O) groups excluding carboxylic acids is 1. The number of halogens is 1. The highest BCUT2D eigenvalue weighted by molar-refractivity contribution is 7.15. The molecule has 0 radical (unpaired) electrons. The summed E-state index contributed by atoms with van der Waals surface area (Å²) < 4.78 is 13.5. The minimum Gasteiger partial charge on any atom is -0.386 e. The fourth-order valence-electron chi connectivity index (χ4n) is 1.70. The lowest BCUT2D eigenvalue weighted by atomic mass is 10.1. The van der Waals surface area contributed by atoms with Crippen LogP contribution in [0.1, 0.15) is 36.4 Å². The van der Waals surface area contributed by atoms with Crippen molar-refractivity contribution in [3.05, 3.63) is 40.7 Å². The number of aromatic nitrogens is 2. The van der Waals surface area contributed by atoms with Gasteiger partial charge in [0.25, 0.3) is 0 Å². The number of carbonyl (C=O) groups is 1. The molecule has 2 aromatic rings. The third-order valence-corrected chi connectivity index (χ3v) is 4.01. The molecule has 1 heterocycles.